The van der Waals surface area contributed by atoms with Crippen LogP contribution in [0.1, 0.15) is 26.2 Å². The molecule has 0 radical (unpaired) electrons. The van der Waals surface area contributed by atoms with Gasteiger partial charge in [-0.1, -0.05) is 13.3 Å². The van der Waals surface area contributed by atoms with Gasteiger partial charge in [0.05, 0.1) is 0 Å². The molecule has 0 bridgehead atoms. The molecule has 1 aliphatic rings. The minimum absolute atomic E-state index is 0.482. The van der Waals surface area contributed by atoms with E-state index < -0.39 is 0 Å². The highest BCUT2D eigenvalue weighted by Gasteiger charge is 2.34. The Bertz CT molecular complexity index is 91.9. The van der Waals surface area contributed by atoms with Gasteiger partial charge in [-0.05, 0) is 31.3 Å². The summed E-state index contributed by atoms with van der Waals surface area (Å²) in [6.45, 7) is 5.20. The van der Waals surface area contributed by atoms with Gasteiger partial charge in [0.2, 0.25) is 0 Å². The monoisotopic (exact) mass is 142 g/mol. The van der Waals surface area contributed by atoms with E-state index in [2.05, 4.69) is 12.2 Å². The molecule has 2 heteroatoms. The summed E-state index contributed by atoms with van der Waals surface area (Å²) in [7, 11) is 0. The zero-order valence-electron chi connectivity index (χ0n) is 6.82. The number of rotatable bonds is 4. The van der Waals surface area contributed by atoms with Crippen molar-refractivity contribution in [3.05, 3.63) is 0 Å². The summed E-state index contributed by atoms with van der Waals surface area (Å²) in [6, 6.07) is 0. The van der Waals surface area contributed by atoms with Gasteiger partial charge in [-0.2, -0.15) is 0 Å². The predicted octanol–water partition coefficient (Wildman–Crippen LogP) is 0.725. The van der Waals surface area contributed by atoms with E-state index in [1.54, 1.807) is 0 Å². The lowest BCUT2D eigenvalue weighted by Crippen LogP contribution is -2.45. The van der Waals surface area contributed by atoms with Crippen molar-refractivity contribution in [2.45, 2.75) is 26.2 Å². The Morgan fingerprint density at radius 2 is 2.20 bits per heavy atom. The van der Waals surface area contributed by atoms with Crippen LogP contribution in [0.15, 0.2) is 0 Å². The van der Waals surface area contributed by atoms with Gasteiger partial charge in [0, 0.05) is 6.54 Å². The molecule has 1 aliphatic carbocycles. The molecule has 0 heterocycles. The van der Waals surface area contributed by atoms with Crippen LogP contribution in [0.3, 0.4) is 0 Å². The van der Waals surface area contributed by atoms with Gasteiger partial charge in [0.15, 0.2) is 0 Å². The van der Waals surface area contributed by atoms with Crippen molar-refractivity contribution in [3.63, 3.8) is 0 Å². The number of hydrogen-bond donors (Lipinski definition) is 2. The highest BCUT2D eigenvalue weighted by molar-refractivity contribution is 4.90. The smallest absolute Gasteiger partial charge is 0.00198 e. The van der Waals surface area contributed by atoms with Gasteiger partial charge in [0.25, 0.3) is 0 Å². The van der Waals surface area contributed by atoms with Gasteiger partial charge in [0.1, 0.15) is 0 Å². The molecule has 0 unspecified atom stereocenters. The summed E-state index contributed by atoms with van der Waals surface area (Å²) in [5, 5.41) is 3.36. The Morgan fingerprint density at radius 1 is 1.50 bits per heavy atom. The Morgan fingerprint density at radius 3 is 2.50 bits per heavy atom. The fourth-order valence-electron chi connectivity index (χ4n) is 1.52. The Balaban J connectivity index is 2.20. The second-order valence-corrected chi connectivity index (χ2v) is 3.34. The van der Waals surface area contributed by atoms with E-state index in [1.165, 1.54) is 19.3 Å². The lowest BCUT2D eigenvalue weighted by Gasteiger charge is -2.41. The minimum atomic E-state index is 0.482. The van der Waals surface area contributed by atoms with Crippen molar-refractivity contribution >= 4 is 0 Å². The van der Waals surface area contributed by atoms with Crippen molar-refractivity contribution < 1.29 is 0 Å². The van der Waals surface area contributed by atoms with Crippen molar-refractivity contribution in [1.29, 1.82) is 0 Å². The number of nitrogens with two attached hydrogens (primary N) is 1. The summed E-state index contributed by atoms with van der Waals surface area (Å²) >= 11 is 0. The summed E-state index contributed by atoms with van der Waals surface area (Å²) in [5.41, 5.74) is 6.15. The van der Waals surface area contributed by atoms with Crippen molar-refractivity contribution in [1.82, 2.24) is 5.32 Å². The lowest BCUT2D eigenvalue weighted by atomic mass is 9.69. The second kappa shape index (κ2) is 3.35. The largest absolute Gasteiger partial charge is 0.330 e. The fourth-order valence-corrected chi connectivity index (χ4v) is 1.52. The zero-order valence-corrected chi connectivity index (χ0v) is 6.82. The summed E-state index contributed by atoms with van der Waals surface area (Å²) in [5.74, 6) is 0. The summed E-state index contributed by atoms with van der Waals surface area (Å²) in [6.07, 6.45) is 4.04. The van der Waals surface area contributed by atoms with Gasteiger partial charge >= 0.3 is 0 Å². The third kappa shape index (κ3) is 1.50. The van der Waals surface area contributed by atoms with E-state index in [0.29, 0.717) is 5.41 Å². The molecule has 0 aromatic carbocycles. The second-order valence-electron chi connectivity index (χ2n) is 3.34. The fraction of sp³-hybridized carbons (Fsp3) is 1.00. The van der Waals surface area contributed by atoms with Gasteiger partial charge in [-0.25, -0.2) is 0 Å². The van der Waals surface area contributed by atoms with Crippen LogP contribution >= 0.6 is 0 Å². The first-order valence-electron chi connectivity index (χ1n) is 4.24. The van der Waals surface area contributed by atoms with Crippen LogP contribution in [0.25, 0.3) is 0 Å². The molecule has 0 amide bonds. The molecular formula is C8H18N2. The van der Waals surface area contributed by atoms with Crippen LogP contribution in [-0.4, -0.2) is 19.6 Å². The maximum atomic E-state index is 5.67. The highest BCUT2D eigenvalue weighted by Crippen LogP contribution is 2.38. The number of hydrogen-bond acceptors (Lipinski definition) is 2. The average molecular weight is 142 g/mol. The molecule has 3 N–H and O–H groups in total. The Labute approximate surface area is 63.2 Å². The first-order chi connectivity index (χ1) is 4.83. The third-order valence-electron chi connectivity index (χ3n) is 2.60. The SMILES string of the molecule is CCNCC1(CN)CCC1. The molecule has 10 heavy (non-hydrogen) atoms. The minimum Gasteiger partial charge on any atom is -0.330 e. The molecule has 0 aromatic rings. The molecule has 0 atom stereocenters. The van der Waals surface area contributed by atoms with Crippen molar-refractivity contribution in [2.24, 2.45) is 11.1 Å². The maximum absolute atomic E-state index is 5.67. The van der Waals surface area contributed by atoms with Crippen LogP contribution in [-0.2, 0) is 0 Å². The van der Waals surface area contributed by atoms with Crippen LogP contribution in [0.5, 0.6) is 0 Å². The number of nitrogens with one attached hydrogen (secondary N) is 1. The van der Waals surface area contributed by atoms with E-state index in [9.17, 15) is 0 Å². The zero-order chi connectivity index (χ0) is 7.45. The van der Waals surface area contributed by atoms with Gasteiger partial charge in [-0.15, -0.1) is 0 Å². The van der Waals surface area contributed by atoms with Crippen molar-refractivity contribution in [2.75, 3.05) is 19.6 Å². The van der Waals surface area contributed by atoms with Crippen LogP contribution in [0, 0.1) is 5.41 Å². The van der Waals surface area contributed by atoms with Crippen molar-refractivity contribution in [3.8, 4) is 0 Å². The Hall–Kier alpha value is -0.0800. The van der Waals surface area contributed by atoms with Crippen LogP contribution in [0.4, 0.5) is 0 Å². The van der Waals surface area contributed by atoms with E-state index in [-0.39, 0.29) is 0 Å². The van der Waals surface area contributed by atoms with Gasteiger partial charge in [-0.3, -0.25) is 0 Å². The predicted molar refractivity (Wildman–Crippen MR) is 43.9 cm³/mol. The van der Waals surface area contributed by atoms with E-state index in [1.807, 2.05) is 0 Å². The van der Waals surface area contributed by atoms with Gasteiger partial charge < -0.3 is 11.1 Å². The maximum Gasteiger partial charge on any atom is 0.00198 e. The normalized spacial score (nSPS) is 22.2. The molecule has 1 fully saturated rings. The topological polar surface area (TPSA) is 38.0 Å². The molecule has 0 aromatic heterocycles. The highest BCUT2D eigenvalue weighted by atomic mass is 14.9. The standard InChI is InChI=1S/C8H18N2/c1-2-10-7-8(6-9)4-3-5-8/h10H,2-7,9H2,1H3. The van der Waals surface area contributed by atoms with E-state index in [0.717, 1.165) is 19.6 Å². The first-order valence-corrected chi connectivity index (χ1v) is 4.24. The third-order valence-corrected chi connectivity index (χ3v) is 2.60. The molecule has 60 valence electrons. The summed E-state index contributed by atoms with van der Waals surface area (Å²) < 4.78 is 0. The molecule has 0 saturated heterocycles. The lowest BCUT2D eigenvalue weighted by molar-refractivity contribution is 0.142. The molecular weight excluding hydrogens is 124 g/mol. The average Bonchev–Trinajstić information content (AvgIpc) is 1.87. The quantitative estimate of drug-likeness (QED) is 0.607. The molecule has 1 saturated carbocycles. The molecule has 1 rings (SSSR count). The summed E-state index contributed by atoms with van der Waals surface area (Å²) in [4.78, 5) is 0. The molecule has 0 spiro atoms. The molecule has 0 aliphatic heterocycles. The molecule has 2 nitrogen and oxygen atoms in total. The van der Waals surface area contributed by atoms with Crippen LogP contribution in [0.2, 0.25) is 0 Å². The first kappa shape index (κ1) is 8.02. The van der Waals surface area contributed by atoms with Crippen LogP contribution < -0.4 is 11.1 Å². The van der Waals surface area contributed by atoms with E-state index in [4.69, 9.17) is 5.73 Å². The van der Waals surface area contributed by atoms with E-state index >= 15 is 0 Å². The Kier molecular flexibility index (Phi) is 2.69.